The first-order valence-corrected chi connectivity index (χ1v) is 10.9. The molecular formula is C25H19BrO7. The van der Waals surface area contributed by atoms with Crippen LogP contribution >= 0.6 is 15.9 Å². The van der Waals surface area contributed by atoms with Crippen molar-refractivity contribution in [3.63, 3.8) is 0 Å². The van der Waals surface area contributed by atoms with E-state index in [1.807, 2.05) is 18.2 Å². The molecule has 1 aliphatic heterocycles. The van der Waals surface area contributed by atoms with Gasteiger partial charge in [0.25, 0.3) is 0 Å². The Kier molecular flexibility index (Phi) is 5.93. The SMILES string of the molecule is COc1ccccc1Oc1coc2cc(OCc3cc(Br)cc4c3OCOC4)ccc2c1=O. The van der Waals surface area contributed by atoms with E-state index in [1.165, 1.54) is 13.4 Å². The summed E-state index contributed by atoms with van der Waals surface area (Å²) < 4.78 is 34.6. The maximum Gasteiger partial charge on any atom is 0.235 e. The summed E-state index contributed by atoms with van der Waals surface area (Å²) in [5.74, 6) is 2.35. The van der Waals surface area contributed by atoms with Crippen molar-refractivity contribution in [1.82, 2.24) is 0 Å². The van der Waals surface area contributed by atoms with Crippen molar-refractivity contribution in [2.75, 3.05) is 13.9 Å². The lowest BCUT2D eigenvalue weighted by molar-refractivity contribution is -0.0176. The summed E-state index contributed by atoms with van der Waals surface area (Å²) in [6, 6.07) is 16.1. The number of hydrogen-bond acceptors (Lipinski definition) is 7. The van der Waals surface area contributed by atoms with Crippen molar-refractivity contribution in [3.05, 3.63) is 86.7 Å². The average Bonchev–Trinajstić information content (AvgIpc) is 2.84. The summed E-state index contributed by atoms with van der Waals surface area (Å²) in [7, 11) is 1.54. The van der Waals surface area contributed by atoms with Gasteiger partial charge in [-0.3, -0.25) is 4.79 Å². The van der Waals surface area contributed by atoms with Crippen molar-refractivity contribution in [1.29, 1.82) is 0 Å². The highest BCUT2D eigenvalue weighted by atomic mass is 79.9. The highest BCUT2D eigenvalue weighted by molar-refractivity contribution is 9.10. The lowest BCUT2D eigenvalue weighted by Gasteiger charge is -2.21. The molecule has 0 N–H and O–H groups in total. The predicted octanol–water partition coefficient (Wildman–Crippen LogP) is 5.80. The minimum atomic E-state index is -0.289. The third-order valence-corrected chi connectivity index (χ3v) is 5.61. The van der Waals surface area contributed by atoms with Crippen LogP contribution in [0.1, 0.15) is 11.1 Å². The van der Waals surface area contributed by atoms with Gasteiger partial charge in [0.15, 0.2) is 18.3 Å². The minimum absolute atomic E-state index is 0.0702. The van der Waals surface area contributed by atoms with Gasteiger partial charge >= 0.3 is 0 Å². The van der Waals surface area contributed by atoms with Crippen LogP contribution in [0.3, 0.4) is 0 Å². The van der Waals surface area contributed by atoms with Crippen LogP contribution in [-0.2, 0) is 18.0 Å². The van der Waals surface area contributed by atoms with Crippen molar-refractivity contribution in [3.8, 4) is 28.7 Å². The van der Waals surface area contributed by atoms with Gasteiger partial charge < -0.3 is 28.1 Å². The molecule has 0 saturated heterocycles. The van der Waals surface area contributed by atoms with Crippen LogP contribution in [0, 0.1) is 0 Å². The fourth-order valence-electron chi connectivity index (χ4n) is 3.60. The Bertz CT molecular complexity index is 1380. The van der Waals surface area contributed by atoms with E-state index in [9.17, 15) is 4.79 Å². The zero-order valence-electron chi connectivity index (χ0n) is 17.6. The number of benzene rings is 3. The number of rotatable bonds is 6. The van der Waals surface area contributed by atoms with Gasteiger partial charge in [0, 0.05) is 21.7 Å². The van der Waals surface area contributed by atoms with E-state index in [0.717, 1.165) is 21.3 Å². The molecule has 5 rings (SSSR count). The van der Waals surface area contributed by atoms with E-state index in [1.54, 1.807) is 36.4 Å². The Morgan fingerprint density at radius 3 is 2.73 bits per heavy atom. The molecule has 1 aromatic heterocycles. The van der Waals surface area contributed by atoms with E-state index < -0.39 is 0 Å². The number of methoxy groups -OCH3 is 1. The zero-order chi connectivity index (χ0) is 22.8. The zero-order valence-corrected chi connectivity index (χ0v) is 19.2. The molecule has 8 heteroatoms. The Morgan fingerprint density at radius 2 is 1.88 bits per heavy atom. The van der Waals surface area contributed by atoms with Gasteiger partial charge in [-0.05, 0) is 36.4 Å². The summed E-state index contributed by atoms with van der Waals surface area (Å²) in [5.41, 5.74) is 1.96. The molecule has 0 atom stereocenters. The van der Waals surface area contributed by atoms with Crippen molar-refractivity contribution >= 4 is 26.9 Å². The van der Waals surface area contributed by atoms with Crippen LogP contribution in [0.25, 0.3) is 11.0 Å². The van der Waals surface area contributed by atoms with Gasteiger partial charge in [-0.1, -0.05) is 28.1 Å². The van der Waals surface area contributed by atoms with Crippen LogP contribution in [0.4, 0.5) is 0 Å². The number of fused-ring (bicyclic) bond motifs is 2. The Morgan fingerprint density at radius 1 is 1.03 bits per heavy atom. The standard InChI is InChI=1S/C25H19BrO7/c1-28-20-4-2-3-5-21(20)33-23-13-31-22-10-18(6-7-19(22)24(23)27)30-12-16-9-17(26)8-15-11-29-14-32-25(15)16/h2-10,13H,11-12,14H2,1H3. The molecule has 0 fully saturated rings. The smallest absolute Gasteiger partial charge is 0.235 e. The molecule has 4 aromatic rings. The molecule has 0 radical (unpaired) electrons. The van der Waals surface area contributed by atoms with Gasteiger partial charge in [-0.25, -0.2) is 0 Å². The monoisotopic (exact) mass is 510 g/mol. The molecule has 0 spiro atoms. The highest BCUT2D eigenvalue weighted by Gasteiger charge is 2.17. The summed E-state index contributed by atoms with van der Waals surface area (Å²) in [5, 5.41) is 0.384. The second-order valence-corrected chi connectivity index (χ2v) is 8.21. The Balaban J connectivity index is 1.38. The highest BCUT2D eigenvalue weighted by Crippen LogP contribution is 2.33. The van der Waals surface area contributed by atoms with E-state index >= 15 is 0 Å². The molecule has 0 unspecified atom stereocenters. The van der Waals surface area contributed by atoms with Crippen LogP contribution in [0.2, 0.25) is 0 Å². The van der Waals surface area contributed by atoms with Crippen LogP contribution in [0.15, 0.2) is 74.5 Å². The molecule has 2 heterocycles. The third kappa shape index (κ3) is 4.40. The van der Waals surface area contributed by atoms with Crippen molar-refractivity contribution in [2.24, 2.45) is 0 Å². The molecule has 7 nitrogen and oxygen atoms in total. The normalized spacial score (nSPS) is 12.7. The topological polar surface area (TPSA) is 76.4 Å². The first-order chi connectivity index (χ1) is 16.1. The molecule has 0 saturated carbocycles. The van der Waals surface area contributed by atoms with E-state index in [2.05, 4.69) is 15.9 Å². The van der Waals surface area contributed by atoms with Gasteiger partial charge in [0.1, 0.15) is 30.0 Å². The molecule has 33 heavy (non-hydrogen) atoms. The Hall–Kier alpha value is -3.49. The molecule has 1 aliphatic rings. The number of halogens is 1. The lowest BCUT2D eigenvalue weighted by Crippen LogP contribution is -2.14. The summed E-state index contributed by atoms with van der Waals surface area (Å²) in [6.07, 6.45) is 1.29. The number of ether oxygens (including phenoxy) is 5. The molecule has 0 amide bonds. The first-order valence-electron chi connectivity index (χ1n) is 10.1. The molecule has 0 bridgehead atoms. The number of para-hydroxylation sites is 2. The largest absolute Gasteiger partial charge is 0.493 e. The van der Waals surface area contributed by atoms with Crippen molar-refractivity contribution < 1.29 is 28.1 Å². The van der Waals surface area contributed by atoms with Gasteiger partial charge in [0.2, 0.25) is 11.2 Å². The second kappa shape index (κ2) is 9.17. The van der Waals surface area contributed by atoms with E-state index in [0.29, 0.717) is 34.8 Å². The average molecular weight is 511 g/mol. The maximum atomic E-state index is 12.9. The van der Waals surface area contributed by atoms with Crippen LogP contribution < -0.4 is 24.4 Å². The first kappa shape index (κ1) is 21.4. The van der Waals surface area contributed by atoms with E-state index in [-0.39, 0.29) is 24.6 Å². The maximum absolute atomic E-state index is 12.9. The predicted molar refractivity (Wildman–Crippen MR) is 124 cm³/mol. The molecule has 3 aromatic carbocycles. The van der Waals surface area contributed by atoms with Gasteiger partial charge in [-0.15, -0.1) is 0 Å². The van der Waals surface area contributed by atoms with Gasteiger partial charge in [-0.2, -0.15) is 0 Å². The second-order valence-electron chi connectivity index (χ2n) is 7.29. The van der Waals surface area contributed by atoms with Crippen molar-refractivity contribution in [2.45, 2.75) is 13.2 Å². The molecule has 0 aliphatic carbocycles. The third-order valence-electron chi connectivity index (χ3n) is 5.15. The molecule has 168 valence electrons. The molecular weight excluding hydrogens is 492 g/mol. The summed E-state index contributed by atoms with van der Waals surface area (Å²) >= 11 is 3.51. The van der Waals surface area contributed by atoms with Crippen LogP contribution in [0.5, 0.6) is 28.7 Å². The fourth-order valence-corrected chi connectivity index (χ4v) is 4.15. The Labute approximate surface area is 197 Å². The summed E-state index contributed by atoms with van der Waals surface area (Å²) in [6.45, 7) is 0.983. The number of hydrogen-bond donors (Lipinski definition) is 0. The minimum Gasteiger partial charge on any atom is -0.493 e. The fraction of sp³-hybridized carbons (Fsp3) is 0.160. The quantitative estimate of drug-likeness (QED) is 0.324. The summed E-state index contributed by atoms with van der Waals surface area (Å²) in [4.78, 5) is 12.9. The van der Waals surface area contributed by atoms with E-state index in [4.69, 9.17) is 28.1 Å². The van der Waals surface area contributed by atoms with Gasteiger partial charge in [0.05, 0.1) is 19.1 Å². The van der Waals surface area contributed by atoms with Crippen LogP contribution in [-0.4, -0.2) is 13.9 Å². The lowest BCUT2D eigenvalue weighted by atomic mass is 10.1.